The number of halogens is 1. The molecule has 5 rings (SSSR count). The van der Waals surface area contributed by atoms with Gasteiger partial charge in [0.2, 0.25) is 0 Å². The molecule has 0 unspecified atom stereocenters. The fourth-order valence-electron chi connectivity index (χ4n) is 3.92. The number of carbonyl (C=O) groups excluding carboxylic acids is 1. The molecule has 1 amide bonds. The van der Waals surface area contributed by atoms with Crippen LogP contribution in [-0.4, -0.2) is 29.7 Å². The summed E-state index contributed by atoms with van der Waals surface area (Å²) >= 11 is 5.98. The molecule has 0 saturated heterocycles. The van der Waals surface area contributed by atoms with E-state index in [1.807, 2.05) is 60.7 Å². The standard InChI is InChI=1S/C26H21ClN2O4/c27-18-11-9-17(10-12-18)15-29-22-6-2-1-5-20(22)21(13-25(29)30)26(31)28-14-19-16-32-23-7-3-4-8-24(23)33-19/h1-13,19H,14-16H2,(H,28,31)/t19-/m0/s1. The van der Waals surface area contributed by atoms with E-state index in [-0.39, 0.29) is 24.1 Å². The van der Waals surface area contributed by atoms with Crippen LogP contribution in [-0.2, 0) is 6.54 Å². The van der Waals surface area contributed by atoms with Crippen molar-refractivity contribution in [2.75, 3.05) is 13.2 Å². The molecule has 166 valence electrons. The van der Waals surface area contributed by atoms with Crippen molar-refractivity contribution in [2.45, 2.75) is 12.6 Å². The number of hydrogen-bond acceptors (Lipinski definition) is 4. The molecule has 33 heavy (non-hydrogen) atoms. The van der Waals surface area contributed by atoms with E-state index in [0.29, 0.717) is 46.1 Å². The largest absolute Gasteiger partial charge is 0.486 e. The van der Waals surface area contributed by atoms with Gasteiger partial charge >= 0.3 is 0 Å². The van der Waals surface area contributed by atoms with Gasteiger partial charge in [-0.05, 0) is 35.9 Å². The molecule has 4 aromatic rings. The first-order chi connectivity index (χ1) is 16.1. The van der Waals surface area contributed by atoms with Crippen LogP contribution in [0.2, 0.25) is 5.02 Å². The fraction of sp³-hybridized carbons (Fsp3) is 0.154. The number of aromatic nitrogens is 1. The Bertz CT molecular complexity index is 1380. The average molecular weight is 461 g/mol. The Morgan fingerprint density at radius 1 is 1.00 bits per heavy atom. The lowest BCUT2D eigenvalue weighted by molar-refractivity contribution is 0.0790. The number of nitrogens with zero attached hydrogens (tertiary/aromatic N) is 1. The number of para-hydroxylation sites is 3. The molecule has 6 nitrogen and oxygen atoms in total. The van der Waals surface area contributed by atoms with Crippen LogP contribution in [0.15, 0.2) is 83.7 Å². The maximum absolute atomic E-state index is 13.0. The highest BCUT2D eigenvalue weighted by atomic mass is 35.5. The minimum Gasteiger partial charge on any atom is -0.486 e. The maximum atomic E-state index is 13.0. The lowest BCUT2D eigenvalue weighted by Crippen LogP contribution is -2.41. The van der Waals surface area contributed by atoms with Gasteiger partial charge in [-0.25, -0.2) is 0 Å². The zero-order valence-corrected chi connectivity index (χ0v) is 18.4. The highest BCUT2D eigenvalue weighted by molar-refractivity contribution is 6.30. The number of amides is 1. The van der Waals surface area contributed by atoms with E-state index in [4.69, 9.17) is 21.1 Å². The normalized spacial score (nSPS) is 14.8. The Hall–Kier alpha value is -3.77. The highest BCUT2D eigenvalue weighted by Gasteiger charge is 2.22. The first-order valence-corrected chi connectivity index (χ1v) is 11.0. The summed E-state index contributed by atoms with van der Waals surface area (Å²) in [6, 6.07) is 23.6. The molecule has 0 radical (unpaired) electrons. The SMILES string of the molecule is O=C(NC[C@H]1COc2ccccc2O1)c1cc(=O)n(Cc2ccc(Cl)cc2)c2ccccc12. The third-order valence-corrected chi connectivity index (χ3v) is 5.83. The number of benzene rings is 3. The van der Waals surface area contributed by atoms with Gasteiger partial charge in [0.15, 0.2) is 11.5 Å². The van der Waals surface area contributed by atoms with Gasteiger partial charge in [0.05, 0.1) is 24.2 Å². The zero-order chi connectivity index (χ0) is 22.8. The minimum absolute atomic E-state index is 0.250. The molecule has 1 aromatic heterocycles. The second kappa shape index (κ2) is 9.00. The quantitative estimate of drug-likeness (QED) is 0.483. The van der Waals surface area contributed by atoms with Crippen LogP contribution in [0.4, 0.5) is 0 Å². The molecular formula is C26H21ClN2O4. The third-order valence-electron chi connectivity index (χ3n) is 5.58. The Labute approximate surface area is 195 Å². The van der Waals surface area contributed by atoms with Crippen molar-refractivity contribution in [3.8, 4) is 11.5 Å². The summed E-state index contributed by atoms with van der Waals surface area (Å²) in [5.74, 6) is 1.01. The summed E-state index contributed by atoms with van der Waals surface area (Å²) in [5.41, 5.74) is 1.72. The molecule has 7 heteroatoms. The van der Waals surface area contributed by atoms with Crippen molar-refractivity contribution in [3.63, 3.8) is 0 Å². The Kier molecular flexibility index (Phi) is 5.75. The van der Waals surface area contributed by atoms with Crippen molar-refractivity contribution in [1.82, 2.24) is 9.88 Å². The van der Waals surface area contributed by atoms with E-state index in [9.17, 15) is 9.59 Å². The molecule has 1 aliphatic heterocycles. The summed E-state index contributed by atoms with van der Waals surface area (Å²) in [6.07, 6.45) is -0.319. The van der Waals surface area contributed by atoms with Gasteiger partial charge in [-0.2, -0.15) is 0 Å². The van der Waals surface area contributed by atoms with Crippen molar-refractivity contribution < 1.29 is 14.3 Å². The Balaban J connectivity index is 1.38. The third kappa shape index (κ3) is 4.43. The molecule has 1 atom stereocenters. The summed E-state index contributed by atoms with van der Waals surface area (Å²) in [6.45, 7) is 0.973. The molecule has 0 saturated carbocycles. The fourth-order valence-corrected chi connectivity index (χ4v) is 4.05. The Morgan fingerprint density at radius 3 is 2.55 bits per heavy atom. The maximum Gasteiger partial charge on any atom is 0.252 e. The predicted molar refractivity (Wildman–Crippen MR) is 127 cm³/mol. The first-order valence-electron chi connectivity index (χ1n) is 10.6. The number of rotatable bonds is 5. The monoisotopic (exact) mass is 460 g/mol. The van der Waals surface area contributed by atoms with Crippen molar-refractivity contribution in [1.29, 1.82) is 0 Å². The molecule has 1 aliphatic rings. The van der Waals surface area contributed by atoms with Gasteiger partial charge in [0.1, 0.15) is 12.7 Å². The van der Waals surface area contributed by atoms with Crippen LogP contribution in [0.25, 0.3) is 10.9 Å². The van der Waals surface area contributed by atoms with Gasteiger partial charge in [0, 0.05) is 16.5 Å². The second-order valence-electron chi connectivity index (χ2n) is 7.83. The number of nitrogens with one attached hydrogen (secondary N) is 1. The smallest absolute Gasteiger partial charge is 0.252 e. The molecule has 3 aromatic carbocycles. The van der Waals surface area contributed by atoms with Crippen LogP contribution in [0, 0.1) is 0 Å². The number of ether oxygens (including phenoxy) is 2. The second-order valence-corrected chi connectivity index (χ2v) is 8.27. The van der Waals surface area contributed by atoms with Gasteiger partial charge in [-0.3, -0.25) is 9.59 Å². The van der Waals surface area contributed by atoms with Crippen LogP contribution in [0.5, 0.6) is 11.5 Å². The van der Waals surface area contributed by atoms with Crippen LogP contribution >= 0.6 is 11.6 Å². The van der Waals surface area contributed by atoms with Gasteiger partial charge in [-0.1, -0.05) is 54.1 Å². The van der Waals surface area contributed by atoms with Crippen molar-refractivity contribution in [3.05, 3.63) is 105 Å². The molecule has 0 bridgehead atoms. The average Bonchev–Trinajstić information content (AvgIpc) is 2.85. The Morgan fingerprint density at radius 2 is 1.73 bits per heavy atom. The van der Waals surface area contributed by atoms with E-state index in [1.165, 1.54) is 6.07 Å². The lowest BCUT2D eigenvalue weighted by atomic mass is 10.1. The van der Waals surface area contributed by atoms with E-state index in [1.54, 1.807) is 16.7 Å². The summed E-state index contributed by atoms with van der Waals surface area (Å²) in [7, 11) is 0. The van der Waals surface area contributed by atoms with E-state index >= 15 is 0 Å². The zero-order valence-electron chi connectivity index (χ0n) is 17.7. The molecule has 0 spiro atoms. The summed E-state index contributed by atoms with van der Waals surface area (Å²) < 4.78 is 13.3. The predicted octanol–water partition coefficient (Wildman–Crippen LogP) is 4.27. The molecule has 2 heterocycles. The van der Waals surface area contributed by atoms with Gasteiger partial charge in [0.25, 0.3) is 11.5 Å². The van der Waals surface area contributed by atoms with Crippen molar-refractivity contribution in [2.24, 2.45) is 0 Å². The number of hydrogen-bond donors (Lipinski definition) is 1. The minimum atomic E-state index is -0.329. The van der Waals surface area contributed by atoms with Gasteiger partial charge < -0.3 is 19.4 Å². The van der Waals surface area contributed by atoms with Gasteiger partial charge in [-0.15, -0.1) is 0 Å². The summed E-state index contributed by atoms with van der Waals surface area (Å²) in [4.78, 5) is 26.0. The van der Waals surface area contributed by atoms with E-state index < -0.39 is 0 Å². The van der Waals surface area contributed by atoms with Crippen LogP contribution < -0.4 is 20.3 Å². The molecule has 0 aliphatic carbocycles. The topological polar surface area (TPSA) is 69.6 Å². The van der Waals surface area contributed by atoms with Crippen molar-refractivity contribution >= 4 is 28.4 Å². The molecular weight excluding hydrogens is 440 g/mol. The van der Waals surface area contributed by atoms with E-state index in [2.05, 4.69) is 5.32 Å². The van der Waals surface area contributed by atoms with Crippen LogP contribution in [0.1, 0.15) is 15.9 Å². The van der Waals surface area contributed by atoms with E-state index in [0.717, 1.165) is 5.56 Å². The number of pyridine rings is 1. The first kappa shape index (κ1) is 21.1. The highest BCUT2D eigenvalue weighted by Crippen LogP contribution is 2.30. The van der Waals surface area contributed by atoms with Crippen LogP contribution in [0.3, 0.4) is 0 Å². The number of fused-ring (bicyclic) bond motifs is 2. The summed E-state index contributed by atoms with van der Waals surface area (Å²) in [5, 5.41) is 4.23. The molecule has 1 N–H and O–H groups in total. The number of carbonyl (C=O) groups is 1. The molecule has 0 fully saturated rings. The lowest BCUT2D eigenvalue weighted by Gasteiger charge is -2.26.